The average molecular weight is 385 g/mol. The molecule has 2 N–H and O–H groups in total. The third-order valence-corrected chi connectivity index (χ3v) is 4.98. The summed E-state index contributed by atoms with van der Waals surface area (Å²) in [5, 5.41) is 6.39. The molecule has 1 fully saturated rings. The maximum atomic E-state index is 12.5. The van der Waals surface area contributed by atoms with Gasteiger partial charge in [-0.25, -0.2) is 14.6 Å². The van der Waals surface area contributed by atoms with Crippen molar-refractivity contribution in [3.8, 4) is 11.5 Å². The van der Waals surface area contributed by atoms with E-state index < -0.39 is 5.97 Å². The highest BCUT2D eigenvalue weighted by atomic mass is 16.7. The van der Waals surface area contributed by atoms with Crippen molar-refractivity contribution in [2.45, 2.75) is 45.1 Å². The molecule has 2 aliphatic rings. The number of benzene rings is 1. The van der Waals surface area contributed by atoms with E-state index in [0.717, 1.165) is 25.7 Å². The van der Waals surface area contributed by atoms with E-state index in [1.807, 2.05) is 0 Å². The Labute approximate surface area is 162 Å². The van der Waals surface area contributed by atoms with Gasteiger partial charge in [-0.05, 0) is 31.9 Å². The van der Waals surface area contributed by atoms with Gasteiger partial charge in [0, 0.05) is 17.5 Å². The van der Waals surface area contributed by atoms with Crippen LogP contribution >= 0.6 is 0 Å². The van der Waals surface area contributed by atoms with Crippen molar-refractivity contribution < 1.29 is 23.8 Å². The van der Waals surface area contributed by atoms with Crippen LogP contribution in [0, 0.1) is 0 Å². The number of nitrogens with one attached hydrogen (secondary N) is 2. The van der Waals surface area contributed by atoms with Crippen molar-refractivity contribution >= 4 is 28.7 Å². The Morgan fingerprint density at radius 2 is 1.89 bits per heavy atom. The number of nitrogens with zero attached hydrogens (tertiary/aromatic N) is 1. The van der Waals surface area contributed by atoms with Crippen LogP contribution in [0.15, 0.2) is 18.2 Å². The zero-order valence-corrected chi connectivity index (χ0v) is 15.7. The highest BCUT2D eigenvalue weighted by molar-refractivity contribution is 6.03. The number of hydrogen-bond donors (Lipinski definition) is 2. The second kappa shape index (κ2) is 7.92. The Hall–Kier alpha value is -3.03. The molecule has 28 heavy (non-hydrogen) atoms. The van der Waals surface area contributed by atoms with Crippen molar-refractivity contribution in [1.29, 1.82) is 0 Å². The molecule has 0 atom stereocenters. The van der Waals surface area contributed by atoms with Crippen molar-refractivity contribution in [3.05, 3.63) is 23.8 Å². The van der Waals surface area contributed by atoms with Crippen molar-refractivity contribution in [2.24, 2.45) is 0 Å². The molecule has 1 saturated carbocycles. The molecule has 2 aromatic rings. The van der Waals surface area contributed by atoms with Crippen LogP contribution in [0.5, 0.6) is 11.5 Å². The highest BCUT2D eigenvalue weighted by Gasteiger charge is 2.22. The van der Waals surface area contributed by atoms with Gasteiger partial charge in [-0.15, -0.1) is 0 Å². The van der Waals surface area contributed by atoms with Crippen molar-refractivity contribution in [1.82, 2.24) is 10.3 Å². The number of carbonyl (C=O) groups is 2. The van der Waals surface area contributed by atoms with Crippen LogP contribution in [-0.2, 0) is 4.74 Å². The van der Waals surface area contributed by atoms with Gasteiger partial charge in [0.15, 0.2) is 11.5 Å². The van der Waals surface area contributed by atoms with Gasteiger partial charge < -0.3 is 19.5 Å². The normalized spacial score (nSPS) is 16.0. The minimum absolute atomic E-state index is 0.144. The minimum atomic E-state index is -0.539. The summed E-state index contributed by atoms with van der Waals surface area (Å²) in [5.41, 5.74) is 0.789. The van der Waals surface area contributed by atoms with E-state index in [1.165, 1.54) is 6.42 Å². The SMILES string of the molecule is CCOC(=O)c1cc2cc3c(cc2nc1NC(=O)NC1CCCCC1)OCO3. The lowest BCUT2D eigenvalue weighted by atomic mass is 9.96. The first kappa shape index (κ1) is 18.3. The van der Waals surface area contributed by atoms with Crippen LogP contribution in [0.3, 0.4) is 0 Å². The van der Waals surface area contributed by atoms with E-state index in [2.05, 4.69) is 15.6 Å². The summed E-state index contributed by atoms with van der Waals surface area (Å²) >= 11 is 0. The topological polar surface area (TPSA) is 98.8 Å². The lowest BCUT2D eigenvalue weighted by Crippen LogP contribution is -2.39. The molecular formula is C20H23N3O5. The fourth-order valence-electron chi connectivity index (χ4n) is 3.60. The van der Waals surface area contributed by atoms with Gasteiger partial charge in [-0.1, -0.05) is 19.3 Å². The zero-order valence-electron chi connectivity index (χ0n) is 15.7. The molecule has 0 spiro atoms. The predicted molar refractivity (Wildman–Crippen MR) is 103 cm³/mol. The standard InChI is InChI=1S/C20H23N3O5/c1-2-26-19(24)14-8-12-9-16-17(28-11-27-16)10-15(12)22-18(14)23-20(25)21-13-6-4-3-5-7-13/h8-10,13H,2-7,11H2,1H3,(H2,21,22,23,25). The monoisotopic (exact) mass is 385 g/mol. The van der Waals surface area contributed by atoms with E-state index in [-0.39, 0.29) is 36.9 Å². The number of aromatic nitrogens is 1. The summed E-state index contributed by atoms with van der Waals surface area (Å²) in [6.45, 7) is 2.10. The molecule has 2 heterocycles. The second-order valence-electron chi connectivity index (χ2n) is 6.94. The molecule has 148 valence electrons. The molecule has 1 aliphatic carbocycles. The maximum absolute atomic E-state index is 12.5. The molecule has 0 saturated heterocycles. The number of ether oxygens (including phenoxy) is 3. The van der Waals surface area contributed by atoms with Crippen LogP contribution < -0.4 is 20.1 Å². The Morgan fingerprint density at radius 1 is 1.14 bits per heavy atom. The van der Waals surface area contributed by atoms with Gasteiger partial charge in [0.25, 0.3) is 0 Å². The number of carbonyl (C=O) groups excluding carboxylic acids is 2. The summed E-state index contributed by atoms with van der Waals surface area (Å²) in [4.78, 5) is 29.4. The number of pyridine rings is 1. The summed E-state index contributed by atoms with van der Waals surface area (Å²) in [6.07, 6.45) is 5.36. The molecule has 2 amide bonds. The molecule has 1 aliphatic heterocycles. The third kappa shape index (κ3) is 3.81. The van der Waals surface area contributed by atoms with E-state index >= 15 is 0 Å². The lowest BCUT2D eigenvalue weighted by molar-refractivity contribution is 0.0527. The molecule has 0 bridgehead atoms. The number of urea groups is 1. The summed E-state index contributed by atoms with van der Waals surface area (Å²) in [6, 6.07) is 4.92. The highest BCUT2D eigenvalue weighted by Crippen LogP contribution is 2.36. The average Bonchev–Trinajstić information content (AvgIpc) is 3.13. The molecule has 0 radical (unpaired) electrons. The van der Waals surface area contributed by atoms with Crippen molar-refractivity contribution in [2.75, 3.05) is 18.7 Å². The lowest BCUT2D eigenvalue weighted by Gasteiger charge is -2.23. The van der Waals surface area contributed by atoms with Crippen LogP contribution in [0.25, 0.3) is 10.9 Å². The largest absolute Gasteiger partial charge is 0.462 e. The van der Waals surface area contributed by atoms with Gasteiger partial charge in [-0.2, -0.15) is 0 Å². The number of hydrogen-bond acceptors (Lipinski definition) is 6. The Kier molecular flexibility index (Phi) is 5.18. The smallest absolute Gasteiger partial charge is 0.341 e. The summed E-state index contributed by atoms with van der Waals surface area (Å²) in [5.74, 6) is 0.807. The Bertz CT molecular complexity index is 908. The summed E-state index contributed by atoms with van der Waals surface area (Å²) in [7, 11) is 0. The molecular weight excluding hydrogens is 362 g/mol. The molecule has 8 nitrogen and oxygen atoms in total. The van der Waals surface area contributed by atoms with Gasteiger partial charge in [0.1, 0.15) is 11.4 Å². The fraction of sp³-hybridized carbons (Fsp3) is 0.450. The Balaban J connectivity index is 1.63. The number of esters is 1. The number of anilines is 1. The molecule has 1 aromatic heterocycles. The molecule has 8 heteroatoms. The molecule has 1 aromatic carbocycles. The van der Waals surface area contributed by atoms with Gasteiger partial charge >= 0.3 is 12.0 Å². The fourth-order valence-corrected chi connectivity index (χ4v) is 3.60. The van der Waals surface area contributed by atoms with E-state index in [1.54, 1.807) is 25.1 Å². The first-order valence-electron chi connectivity index (χ1n) is 9.63. The second-order valence-corrected chi connectivity index (χ2v) is 6.94. The third-order valence-electron chi connectivity index (χ3n) is 4.98. The van der Waals surface area contributed by atoms with Crippen LogP contribution in [0.4, 0.5) is 10.6 Å². The van der Waals surface area contributed by atoms with Crippen LogP contribution in [0.1, 0.15) is 49.4 Å². The number of fused-ring (bicyclic) bond motifs is 2. The molecule has 4 rings (SSSR count). The quantitative estimate of drug-likeness (QED) is 0.781. The van der Waals surface area contributed by atoms with Crippen LogP contribution in [-0.4, -0.2) is 36.4 Å². The van der Waals surface area contributed by atoms with Gasteiger partial charge in [-0.3, -0.25) is 5.32 Å². The summed E-state index contributed by atoms with van der Waals surface area (Å²) < 4.78 is 15.9. The maximum Gasteiger partial charge on any atom is 0.341 e. The predicted octanol–water partition coefficient (Wildman–Crippen LogP) is 3.59. The first-order chi connectivity index (χ1) is 13.6. The van der Waals surface area contributed by atoms with Crippen molar-refractivity contribution in [3.63, 3.8) is 0 Å². The van der Waals surface area contributed by atoms with Gasteiger partial charge in [0.2, 0.25) is 6.79 Å². The van der Waals surface area contributed by atoms with Crippen LogP contribution in [0.2, 0.25) is 0 Å². The van der Waals surface area contributed by atoms with Gasteiger partial charge in [0.05, 0.1) is 12.1 Å². The number of rotatable bonds is 4. The van der Waals surface area contributed by atoms with E-state index in [0.29, 0.717) is 22.4 Å². The van der Waals surface area contributed by atoms with E-state index in [9.17, 15) is 9.59 Å². The number of amides is 2. The van der Waals surface area contributed by atoms with E-state index in [4.69, 9.17) is 14.2 Å². The minimum Gasteiger partial charge on any atom is -0.462 e. The molecule has 0 unspecified atom stereocenters. The Morgan fingerprint density at radius 3 is 2.64 bits per heavy atom. The first-order valence-corrected chi connectivity index (χ1v) is 9.63. The zero-order chi connectivity index (χ0) is 19.5.